The quantitative estimate of drug-likeness (QED) is 0.662. The number of aromatic nitrogens is 4. The van der Waals surface area contributed by atoms with Gasteiger partial charge in [-0.3, -0.25) is 4.90 Å². The number of halogens is 1. The Bertz CT molecular complexity index is 910. The lowest BCUT2D eigenvalue weighted by atomic mass is 9.93. The second-order valence-corrected chi connectivity index (χ2v) is 7.75. The Kier molecular flexibility index (Phi) is 4.72. The Hall–Kier alpha value is -1.55. The molecule has 130 valence electrons. The zero-order valence-electron chi connectivity index (χ0n) is 14.2. The number of piperidine rings is 1. The molecule has 0 spiro atoms. The first-order valence-electron chi connectivity index (χ1n) is 8.53. The van der Waals surface area contributed by atoms with Crippen LogP contribution in [0.25, 0.3) is 5.78 Å². The molecule has 0 aliphatic carbocycles. The van der Waals surface area contributed by atoms with Gasteiger partial charge in [0.15, 0.2) is 0 Å². The van der Waals surface area contributed by atoms with Crippen LogP contribution in [0.2, 0.25) is 5.02 Å². The summed E-state index contributed by atoms with van der Waals surface area (Å²) in [4.78, 5) is 11.2. The normalized spacial score (nSPS) is 18.8. The summed E-state index contributed by atoms with van der Waals surface area (Å²) in [5.74, 6) is 1.14. The Morgan fingerprint density at radius 3 is 3.04 bits per heavy atom. The van der Waals surface area contributed by atoms with Gasteiger partial charge in [-0.15, -0.1) is 9.24 Å². The summed E-state index contributed by atoms with van der Waals surface area (Å²) >= 11 is 6.13. The minimum absolute atomic E-state index is 0.447. The SMILES string of the molecule is Cc1cc(C2CCCN(Cc3ccc(Cl)c(P)c3)C2)n2ncnc2n1. The van der Waals surface area contributed by atoms with Gasteiger partial charge in [0.05, 0.1) is 5.69 Å². The molecule has 25 heavy (non-hydrogen) atoms. The maximum atomic E-state index is 6.13. The number of hydrogen-bond donors (Lipinski definition) is 0. The molecule has 1 saturated heterocycles. The number of fused-ring (bicyclic) bond motifs is 1. The van der Waals surface area contributed by atoms with Gasteiger partial charge in [0.2, 0.25) is 0 Å². The Labute approximate surface area is 154 Å². The first kappa shape index (κ1) is 16.9. The summed E-state index contributed by atoms with van der Waals surface area (Å²) in [6, 6.07) is 8.40. The fraction of sp³-hybridized carbons (Fsp3) is 0.389. The number of benzene rings is 1. The minimum atomic E-state index is 0.447. The van der Waals surface area contributed by atoms with Gasteiger partial charge in [0.25, 0.3) is 5.78 Å². The molecule has 2 unspecified atom stereocenters. The standard InChI is InChI=1S/C18H21ClN5P/c1-12-7-16(24-18(22-12)20-11-21-24)14-3-2-6-23(10-14)9-13-4-5-15(19)17(25)8-13/h4-5,7-8,11,14H,2-3,6,9-10,25H2,1H3. The molecule has 1 aromatic carbocycles. The topological polar surface area (TPSA) is 46.3 Å². The number of hydrogen-bond acceptors (Lipinski definition) is 4. The zero-order chi connectivity index (χ0) is 17.4. The molecule has 0 radical (unpaired) electrons. The van der Waals surface area contributed by atoms with Crippen LogP contribution in [0.4, 0.5) is 0 Å². The summed E-state index contributed by atoms with van der Waals surface area (Å²) < 4.78 is 1.89. The highest BCUT2D eigenvalue weighted by atomic mass is 35.5. The smallest absolute Gasteiger partial charge is 0.252 e. The zero-order valence-corrected chi connectivity index (χ0v) is 16.1. The van der Waals surface area contributed by atoms with Gasteiger partial charge in [-0.25, -0.2) is 9.50 Å². The van der Waals surface area contributed by atoms with E-state index in [1.165, 1.54) is 24.1 Å². The third kappa shape index (κ3) is 3.55. The van der Waals surface area contributed by atoms with Crippen molar-refractivity contribution in [3.05, 3.63) is 52.6 Å². The van der Waals surface area contributed by atoms with Crippen molar-refractivity contribution in [2.75, 3.05) is 13.1 Å². The molecule has 2 aromatic heterocycles. The lowest BCUT2D eigenvalue weighted by Crippen LogP contribution is -2.34. The average Bonchev–Trinajstić information content (AvgIpc) is 3.06. The number of nitrogens with zero attached hydrogens (tertiary/aromatic N) is 5. The van der Waals surface area contributed by atoms with Crippen LogP contribution < -0.4 is 5.30 Å². The molecule has 5 nitrogen and oxygen atoms in total. The molecular formula is C18H21ClN5P. The molecule has 1 fully saturated rings. The Balaban J connectivity index is 1.56. The molecule has 3 heterocycles. The predicted molar refractivity (Wildman–Crippen MR) is 104 cm³/mol. The monoisotopic (exact) mass is 373 g/mol. The van der Waals surface area contributed by atoms with E-state index in [1.807, 2.05) is 17.5 Å². The second-order valence-electron chi connectivity index (χ2n) is 6.72. The predicted octanol–water partition coefficient (Wildman–Crippen LogP) is 2.97. The Morgan fingerprint density at radius 1 is 1.32 bits per heavy atom. The molecule has 0 saturated carbocycles. The van der Waals surface area contributed by atoms with Crippen LogP contribution in [0.5, 0.6) is 0 Å². The van der Waals surface area contributed by atoms with Gasteiger partial charge in [0.1, 0.15) is 6.33 Å². The summed E-state index contributed by atoms with van der Waals surface area (Å²) in [6.07, 6.45) is 3.94. The molecule has 7 heteroatoms. The highest BCUT2D eigenvalue weighted by Gasteiger charge is 2.24. The van der Waals surface area contributed by atoms with Gasteiger partial charge in [-0.05, 0) is 55.4 Å². The van der Waals surface area contributed by atoms with Gasteiger partial charge >= 0.3 is 0 Å². The molecular weight excluding hydrogens is 353 g/mol. The highest BCUT2D eigenvalue weighted by molar-refractivity contribution is 7.28. The van der Waals surface area contributed by atoms with E-state index in [0.29, 0.717) is 11.7 Å². The van der Waals surface area contributed by atoms with Crippen LogP contribution in [0.3, 0.4) is 0 Å². The highest BCUT2D eigenvalue weighted by Crippen LogP contribution is 2.28. The van der Waals surface area contributed by atoms with E-state index in [2.05, 4.69) is 47.4 Å². The van der Waals surface area contributed by atoms with Gasteiger partial charge in [0, 0.05) is 29.7 Å². The molecule has 1 aliphatic heterocycles. The van der Waals surface area contributed by atoms with Crippen LogP contribution in [0, 0.1) is 6.92 Å². The third-order valence-electron chi connectivity index (χ3n) is 4.80. The van der Waals surface area contributed by atoms with E-state index in [1.54, 1.807) is 6.33 Å². The maximum absolute atomic E-state index is 6.13. The van der Waals surface area contributed by atoms with Crippen LogP contribution in [-0.4, -0.2) is 37.6 Å². The number of aryl methyl sites for hydroxylation is 1. The first-order chi connectivity index (χ1) is 12.1. The van der Waals surface area contributed by atoms with E-state index in [0.717, 1.165) is 35.7 Å². The molecule has 0 N–H and O–H groups in total. The van der Waals surface area contributed by atoms with Crippen LogP contribution >= 0.6 is 20.8 Å². The molecule has 0 bridgehead atoms. The van der Waals surface area contributed by atoms with E-state index in [9.17, 15) is 0 Å². The average molecular weight is 374 g/mol. The van der Waals surface area contributed by atoms with Crippen LogP contribution in [0.15, 0.2) is 30.6 Å². The van der Waals surface area contributed by atoms with Gasteiger partial charge < -0.3 is 0 Å². The minimum Gasteiger partial charge on any atom is -0.298 e. The van der Waals surface area contributed by atoms with Crippen molar-refractivity contribution in [3.8, 4) is 0 Å². The van der Waals surface area contributed by atoms with Gasteiger partial charge in [-0.1, -0.05) is 17.7 Å². The summed E-state index contributed by atoms with van der Waals surface area (Å²) in [5.41, 5.74) is 3.51. The van der Waals surface area contributed by atoms with Crippen molar-refractivity contribution >= 4 is 31.9 Å². The van der Waals surface area contributed by atoms with E-state index in [4.69, 9.17) is 11.6 Å². The van der Waals surface area contributed by atoms with Crippen molar-refractivity contribution in [1.82, 2.24) is 24.5 Å². The molecule has 1 aliphatic rings. The molecule has 0 amide bonds. The van der Waals surface area contributed by atoms with E-state index in [-0.39, 0.29) is 0 Å². The van der Waals surface area contributed by atoms with Crippen molar-refractivity contribution in [2.24, 2.45) is 0 Å². The van der Waals surface area contributed by atoms with Crippen LogP contribution in [-0.2, 0) is 6.54 Å². The van der Waals surface area contributed by atoms with Crippen molar-refractivity contribution < 1.29 is 0 Å². The summed E-state index contributed by atoms with van der Waals surface area (Å²) in [5, 5.41) is 6.23. The van der Waals surface area contributed by atoms with E-state index < -0.39 is 0 Å². The van der Waals surface area contributed by atoms with Crippen molar-refractivity contribution in [1.29, 1.82) is 0 Å². The van der Waals surface area contributed by atoms with E-state index >= 15 is 0 Å². The maximum Gasteiger partial charge on any atom is 0.252 e. The van der Waals surface area contributed by atoms with Gasteiger partial charge in [-0.2, -0.15) is 10.1 Å². The lowest BCUT2D eigenvalue weighted by Gasteiger charge is -2.33. The second kappa shape index (κ2) is 6.99. The molecule has 4 rings (SSSR count). The fourth-order valence-electron chi connectivity index (χ4n) is 3.64. The molecule has 2 atom stereocenters. The Morgan fingerprint density at radius 2 is 2.20 bits per heavy atom. The third-order valence-corrected chi connectivity index (χ3v) is 5.80. The van der Waals surface area contributed by atoms with Crippen molar-refractivity contribution in [3.63, 3.8) is 0 Å². The number of likely N-dealkylation sites (tertiary alicyclic amines) is 1. The number of rotatable bonds is 3. The lowest BCUT2D eigenvalue weighted by molar-refractivity contribution is 0.197. The molecule has 3 aromatic rings. The summed E-state index contributed by atoms with van der Waals surface area (Å²) in [7, 11) is 2.71. The van der Waals surface area contributed by atoms with Crippen molar-refractivity contribution in [2.45, 2.75) is 32.2 Å². The fourth-order valence-corrected chi connectivity index (χ4v) is 4.07. The first-order valence-corrected chi connectivity index (χ1v) is 9.49. The largest absolute Gasteiger partial charge is 0.298 e. The van der Waals surface area contributed by atoms with Crippen LogP contribution in [0.1, 0.15) is 35.7 Å². The summed E-state index contributed by atoms with van der Waals surface area (Å²) in [6.45, 7) is 5.11.